The lowest BCUT2D eigenvalue weighted by Gasteiger charge is -2.38. The second kappa shape index (κ2) is 10.4. The molecule has 1 atom stereocenters. The molecule has 10 nitrogen and oxygen atoms in total. The summed E-state index contributed by atoms with van der Waals surface area (Å²) in [5.41, 5.74) is 0. The molecule has 0 aliphatic carbocycles. The Labute approximate surface area is 189 Å². The molecular formula is C21H31N3O7S. The zero-order valence-electron chi connectivity index (χ0n) is 18.8. The van der Waals surface area contributed by atoms with Crippen molar-refractivity contribution in [1.29, 1.82) is 0 Å². The molecule has 0 saturated carbocycles. The lowest BCUT2D eigenvalue weighted by atomic mass is 9.96. The number of benzene rings is 1. The minimum Gasteiger partial charge on any atom is -0.497 e. The van der Waals surface area contributed by atoms with Crippen LogP contribution in [0.2, 0.25) is 0 Å². The monoisotopic (exact) mass is 469 g/mol. The van der Waals surface area contributed by atoms with E-state index < -0.39 is 16.1 Å². The van der Waals surface area contributed by atoms with E-state index in [1.165, 1.54) is 24.6 Å². The van der Waals surface area contributed by atoms with E-state index in [1.807, 2.05) is 0 Å². The number of sulfonamides is 1. The van der Waals surface area contributed by atoms with Crippen LogP contribution in [0.4, 0.5) is 4.79 Å². The Kier molecular flexibility index (Phi) is 7.83. The fourth-order valence-corrected chi connectivity index (χ4v) is 5.68. The number of carbonyl (C=O) groups excluding carboxylic acids is 2. The van der Waals surface area contributed by atoms with E-state index in [0.717, 1.165) is 6.42 Å². The molecule has 0 radical (unpaired) electrons. The van der Waals surface area contributed by atoms with E-state index in [9.17, 15) is 18.0 Å². The first-order valence-electron chi connectivity index (χ1n) is 10.7. The third-order valence-electron chi connectivity index (χ3n) is 5.84. The lowest BCUT2D eigenvalue weighted by Crippen LogP contribution is -2.54. The largest absolute Gasteiger partial charge is 0.497 e. The van der Waals surface area contributed by atoms with Crippen molar-refractivity contribution in [3.05, 3.63) is 18.2 Å². The molecule has 1 aromatic rings. The van der Waals surface area contributed by atoms with Gasteiger partial charge in [0.1, 0.15) is 16.4 Å². The Balaban J connectivity index is 1.64. The Morgan fingerprint density at radius 3 is 2.38 bits per heavy atom. The van der Waals surface area contributed by atoms with Gasteiger partial charge < -0.3 is 24.0 Å². The molecule has 3 rings (SSSR count). The van der Waals surface area contributed by atoms with Gasteiger partial charge in [-0.3, -0.25) is 4.79 Å². The second-order valence-electron chi connectivity index (χ2n) is 7.73. The van der Waals surface area contributed by atoms with Gasteiger partial charge in [-0.25, -0.2) is 13.2 Å². The summed E-state index contributed by atoms with van der Waals surface area (Å²) < 4.78 is 43.3. The predicted octanol–water partition coefficient (Wildman–Crippen LogP) is 1.41. The van der Waals surface area contributed by atoms with Gasteiger partial charge in [-0.2, -0.15) is 4.31 Å². The second-order valence-corrected chi connectivity index (χ2v) is 9.64. The lowest BCUT2D eigenvalue weighted by molar-refractivity contribution is -0.138. The number of piperazine rings is 1. The van der Waals surface area contributed by atoms with Crippen molar-refractivity contribution in [1.82, 2.24) is 14.1 Å². The quantitative estimate of drug-likeness (QED) is 0.620. The number of amides is 2. The highest BCUT2D eigenvalue weighted by Gasteiger charge is 2.36. The molecule has 2 aliphatic heterocycles. The van der Waals surface area contributed by atoms with Crippen LogP contribution in [0.15, 0.2) is 23.1 Å². The van der Waals surface area contributed by atoms with Crippen LogP contribution in [0.3, 0.4) is 0 Å². The summed E-state index contributed by atoms with van der Waals surface area (Å²) in [6.45, 7) is 3.90. The molecule has 11 heteroatoms. The van der Waals surface area contributed by atoms with Crippen molar-refractivity contribution in [2.45, 2.75) is 24.7 Å². The number of ether oxygens (including phenoxy) is 3. The summed E-state index contributed by atoms with van der Waals surface area (Å²) in [4.78, 5) is 28.3. The maximum atomic E-state index is 13.2. The van der Waals surface area contributed by atoms with Crippen LogP contribution in [-0.2, 0) is 19.6 Å². The third kappa shape index (κ3) is 5.09. The number of carbonyl (C=O) groups is 2. The summed E-state index contributed by atoms with van der Waals surface area (Å²) in [5.74, 6) is 0.317. The number of hydrogen-bond donors (Lipinski definition) is 0. The van der Waals surface area contributed by atoms with Gasteiger partial charge in [0.2, 0.25) is 15.9 Å². The molecule has 0 N–H and O–H groups in total. The number of likely N-dealkylation sites (tertiary alicyclic amines) is 1. The Hall–Kier alpha value is -2.53. The standard InChI is InChI=1S/C21H31N3O7S/c1-4-31-21(26)23-9-5-6-16(15-23)20(25)22-10-12-24(13-11-22)32(27,28)19-14-17(29-2)7-8-18(19)30-3/h7-8,14,16H,4-6,9-13,15H2,1-3H3/t16-/m0/s1. The summed E-state index contributed by atoms with van der Waals surface area (Å²) in [5, 5.41) is 0. The molecule has 2 heterocycles. The highest BCUT2D eigenvalue weighted by Crippen LogP contribution is 2.31. The molecule has 0 bridgehead atoms. The first kappa shape index (κ1) is 24.1. The topological polar surface area (TPSA) is 106 Å². The molecule has 2 saturated heterocycles. The molecule has 0 aromatic heterocycles. The number of rotatable bonds is 6. The van der Waals surface area contributed by atoms with Crippen LogP contribution in [0.1, 0.15) is 19.8 Å². The predicted molar refractivity (Wildman–Crippen MR) is 116 cm³/mol. The van der Waals surface area contributed by atoms with Gasteiger partial charge in [-0.1, -0.05) is 0 Å². The van der Waals surface area contributed by atoms with E-state index in [4.69, 9.17) is 14.2 Å². The van der Waals surface area contributed by atoms with E-state index >= 15 is 0 Å². The average molecular weight is 470 g/mol. The van der Waals surface area contributed by atoms with Crippen LogP contribution in [0, 0.1) is 5.92 Å². The van der Waals surface area contributed by atoms with Gasteiger partial charge >= 0.3 is 6.09 Å². The number of piperidine rings is 1. The SMILES string of the molecule is CCOC(=O)N1CCC[C@H](C(=O)N2CCN(S(=O)(=O)c3cc(OC)ccc3OC)CC2)C1. The van der Waals surface area contributed by atoms with E-state index in [1.54, 1.807) is 28.9 Å². The fraction of sp³-hybridized carbons (Fsp3) is 0.619. The number of nitrogens with zero attached hydrogens (tertiary/aromatic N) is 3. The molecule has 0 unspecified atom stereocenters. The molecule has 2 aliphatic rings. The smallest absolute Gasteiger partial charge is 0.409 e. The Bertz CT molecular complexity index is 929. The first-order chi connectivity index (χ1) is 15.3. The van der Waals surface area contributed by atoms with Gasteiger partial charge in [0, 0.05) is 45.3 Å². The zero-order valence-corrected chi connectivity index (χ0v) is 19.6. The van der Waals surface area contributed by atoms with Crippen LogP contribution < -0.4 is 9.47 Å². The summed E-state index contributed by atoms with van der Waals surface area (Å²) in [7, 11) is -0.930. The van der Waals surface area contributed by atoms with Crippen molar-refractivity contribution < 1.29 is 32.2 Å². The summed E-state index contributed by atoms with van der Waals surface area (Å²) >= 11 is 0. The summed E-state index contributed by atoms with van der Waals surface area (Å²) in [6, 6.07) is 4.64. The van der Waals surface area contributed by atoms with Crippen molar-refractivity contribution in [3.8, 4) is 11.5 Å². The van der Waals surface area contributed by atoms with Gasteiger partial charge in [-0.15, -0.1) is 0 Å². The third-order valence-corrected chi connectivity index (χ3v) is 7.76. The zero-order chi connectivity index (χ0) is 23.3. The van der Waals surface area contributed by atoms with Gasteiger partial charge in [0.05, 0.1) is 26.7 Å². The minimum atomic E-state index is -3.82. The van der Waals surface area contributed by atoms with E-state index in [0.29, 0.717) is 45.0 Å². The number of methoxy groups -OCH3 is 2. The highest BCUT2D eigenvalue weighted by molar-refractivity contribution is 7.89. The highest BCUT2D eigenvalue weighted by atomic mass is 32.2. The van der Waals surface area contributed by atoms with Crippen LogP contribution >= 0.6 is 0 Å². The van der Waals surface area contributed by atoms with Crippen LogP contribution in [0.25, 0.3) is 0 Å². The fourth-order valence-electron chi connectivity index (χ4n) is 4.09. The molecule has 178 valence electrons. The molecular weight excluding hydrogens is 438 g/mol. The van der Waals surface area contributed by atoms with E-state index in [-0.39, 0.29) is 35.6 Å². The van der Waals surface area contributed by atoms with Crippen molar-refractivity contribution in [3.63, 3.8) is 0 Å². The van der Waals surface area contributed by atoms with E-state index in [2.05, 4.69) is 0 Å². The van der Waals surface area contributed by atoms with Crippen LogP contribution in [0.5, 0.6) is 11.5 Å². The van der Waals surface area contributed by atoms with Crippen LogP contribution in [-0.4, -0.2) is 94.6 Å². The Morgan fingerprint density at radius 2 is 1.75 bits per heavy atom. The summed E-state index contributed by atoms with van der Waals surface area (Å²) in [6.07, 6.45) is 1.04. The van der Waals surface area contributed by atoms with Gasteiger partial charge in [-0.05, 0) is 31.9 Å². The Morgan fingerprint density at radius 1 is 1.03 bits per heavy atom. The molecule has 1 aromatic carbocycles. The van der Waals surface area contributed by atoms with Gasteiger partial charge in [0.15, 0.2) is 0 Å². The first-order valence-corrected chi connectivity index (χ1v) is 12.2. The minimum absolute atomic E-state index is 0.0384. The van der Waals surface area contributed by atoms with Crippen molar-refractivity contribution >= 4 is 22.0 Å². The molecule has 2 fully saturated rings. The average Bonchev–Trinajstić information content (AvgIpc) is 2.83. The maximum absolute atomic E-state index is 13.2. The normalized spacial score (nSPS) is 20.0. The maximum Gasteiger partial charge on any atom is 0.409 e. The van der Waals surface area contributed by atoms with Gasteiger partial charge in [0.25, 0.3) is 0 Å². The molecule has 0 spiro atoms. The molecule has 32 heavy (non-hydrogen) atoms. The van der Waals surface area contributed by atoms with Crippen molar-refractivity contribution in [2.24, 2.45) is 5.92 Å². The molecule has 2 amide bonds. The number of hydrogen-bond acceptors (Lipinski definition) is 7. The van der Waals surface area contributed by atoms with Crippen molar-refractivity contribution in [2.75, 3.05) is 60.1 Å².